The molecule has 2 aliphatic rings. The van der Waals surface area contributed by atoms with Crippen LogP contribution in [0.1, 0.15) is 13.3 Å². The fraction of sp³-hybridized carbons (Fsp3) is 0.429. The van der Waals surface area contributed by atoms with Crippen molar-refractivity contribution >= 4 is 61.0 Å². The van der Waals surface area contributed by atoms with Gasteiger partial charge in [-0.15, -0.1) is 0 Å². The summed E-state index contributed by atoms with van der Waals surface area (Å²) >= 11 is 3.64. The predicted molar refractivity (Wildman–Crippen MR) is 98.2 cm³/mol. The van der Waals surface area contributed by atoms with Gasteiger partial charge in [-0.25, -0.2) is 8.42 Å². The maximum atomic E-state index is 11.9. The van der Waals surface area contributed by atoms with Gasteiger partial charge in [0, 0.05) is 15.2 Å². The minimum Gasteiger partial charge on any atom is -0.315 e. The third kappa shape index (κ3) is 3.05. The van der Waals surface area contributed by atoms with Crippen molar-refractivity contribution in [1.29, 1.82) is 0 Å². The molecule has 0 bridgehead atoms. The standard InChI is InChI=1S/C14H15IN2O3S2/c1-2-13(18)16-14-17(10-6-4-3-5-9(10)15)11-7-22(19,20)8-12(11)21-14/h3-6,11-12H,2,7-8H2,1H3/t11-,12+/m0/s1. The molecule has 0 aromatic heterocycles. The Labute approximate surface area is 147 Å². The first-order valence-electron chi connectivity index (χ1n) is 6.93. The summed E-state index contributed by atoms with van der Waals surface area (Å²) in [5, 5.41) is 0.574. The Kier molecular flexibility index (Phi) is 4.52. The van der Waals surface area contributed by atoms with E-state index >= 15 is 0 Å². The second kappa shape index (κ2) is 6.12. The Hall–Kier alpha value is -0.610. The second-order valence-electron chi connectivity index (χ2n) is 5.26. The monoisotopic (exact) mass is 450 g/mol. The Morgan fingerprint density at radius 3 is 2.82 bits per heavy atom. The summed E-state index contributed by atoms with van der Waals surface area (Å²) in [5.74, 6) is 0.0950. The van der Waals surface area contributed by atoms with Crippen molar-refractivity contribution in [2.24, 2.45) is 4.99 Å². The van der Waals surface area contributed by atoms with Crippen LogP contribution in [0.5, 0.6) is 0 Å². The molecule has 22 heavy (non-hydrogen) atoms. The number of amides is 1. The summed E-state index contributed by atoms with van der Waals surface area (Å²) in [6.45, 7) is 1.77. The summed E-state index contributed by atoms with van der Waals surface area (Å²) in [5.41, 5.74) is 0.919. The smallest absolute Gasteiger partial charge is 0.247 e. The van der Waals surface area contributed by atoms with Crippen LogP contribution >= 0.6 is 34.4 Å². The minimum absolute atomic E-state index is 0.0515. The molecule has 0 N–H and O–H groups in total. The highest BCUT2D eigenvalue weighted by Gasteiger charge is 2.49. The van der Waals surface area contributed by atoms with Gasteiger partial charge in [0.15, 0.2) is 15.0 Å². The highest BCUT2D eigenvalue weighted by Crippen LogP contribution is 2.42. The van der Waals surface area contributed by atoms with E-state index in [1.807, 2.05) is 29.2 Å². The van der Waals surface area contributed by atoms with E-state index in [1.54, 1.807) is 6.92 Å². The lowest BCUT2D eigenvalue weighted by molar-refractivity contribution is -0.117. The SMILES string of the molecule is CCC(=O)N=C1S[C@@H]2CS(=O)(=O)C[C@@H]2N1c1ccccc1I. The number of rotatable bonds is 2. The molecule has 2 saturated heterocycles. The van der Waals surface area contributed by atoms with Crippen LogP contribution in [-0.2, 0) is 14.6 Å². The van der Waals surface area contributed by atoms with Crippen molar-refractivity contribution in [2.75, 3.05) is 16.4 Å². The number of amidine groups is 1. The maximum absolute atomic E-state index is 11.9. The van der Waals surface area contributed by atoms with Crippen molar-refractivity contribution < 1.29 is 13.2 Å². The zero-order valence-electron chi connectivity index (χ0n) is 11.9. The summed E-state index contributed by atoms with van der Waals surface area (Å²) in [4.78, 5) is 17.9. The fourth-order valence-electron chi connectivity index (χ4n) is 2.68. The number of hydrogen-bond acceptors (Lipinski definition) is 4. The molecule has 0 spiro atoms. The van der Waals surface area contributed by atoms with Crippen molar-refractivity contribution in [3.63, 3.8) is 0 Å². The normalized spacial score (nSPS) is 28.1. The number of thioether (sulfide) groups is 1. The Morgan fingerprint density at radius 2 is 2.14 bits per heavy atom. The number of hydrogen-bond donors (Lipinski definition) is 0. The Bertz CT molecular complexity index is 748. The van der Waals surface area contributed by atoms with Crippen molar-refractivity contribution in [2.45, 2.75) is 24.6 Å². The molecule has 0 unspecified atom stereocenters. The molecule has 0 saturated carbocycles. The molecule has 118 valence electrons. The first kappa shape index (κ1) is 16.3. The first-order chi connectivity index (χ1) is 10.4. The van der Waals surface area contributed by atoms with Crippen LogP contribution in [0.25, 0.3) is 0 Å². The average molecular weight is 450 g/mol. The fourth-order valence-corrected chi connectivity index (χ4v) is 7.25. The molecule has 3 rings (SSSR count). The van der Waals surface area contributed by atoms with Crippen LogP contribution in [0.2, 0.25) is 0 Å². The topological polar surface area (TPSA) is 66.8 Å². The third-order valence-corrected chi connectivity index (χ3v) is 7.82. The number of fused-ring (bicyclic) bond motifs is 1. The first-order valence-corrected chi connectivity index (χ1v) is 10.7. The van der Waals surface area contributed by atoms with Crippen LogP contribution in [0.3, 0.4) is 0 Å². The number of carbonyl (C=O) groups excluding carboxylic acids is 1. The largest absolute Gasteiger partial charge is 0.315 e. The molecular weight excluding hydrogens is 435 g/mol. The lowest BCUT2D eigenvalue weighted by atomic mass is 10.2. The summed E-state index contributed by atoms with van der Waals surface area (Å²) in [6.07, 6.45) is 0.345. The Morgan fingerprint density at radius 1 is 1.41 bits per heavy atom. The van der Waals surface area contributed by atoms with Gasteiger partial charge in [-0.05, 0) is 34.7 Å². The molecule has 2 fully saturated rings. The lowest BCUT2D eigenvalue weighted by Gasteiger charge is -2.25. The molecule has 0 radical (unpaired) electrons. The number of halogens is 1. The third-order valence-electron chi connectivity index (χ3n) is 3.70. The van der Waals surface area contributed by atoms with Crippen LogP contribution in [-0.4, -0.2) is 42.3 Å². The van der Waals surface area contributed by atoms with E-state index in [2.05, 4.69) is 27.6 Å². The van der Waals surface area contributed by atoms with Gasteiger partial charge in [-0.1, -0.05) is 30.8 Å². The Balaban J connectivity index is 2.05. The highest BCUT2D eigenvalue weighted by molar-refractivity contribution is 14.1. The van der Waals surface area contributed by atoms with Gasteiger partial charge >= 0.3 is 0 Å². The van der Waals surface area contributed by atoms with Gasteiger partial charge in [-0.2, -0.15) is 4.99 Å². The van der Waals surface area contributed by atoms with Gasteiger partial charge in [0.05, 0.1) is 23.2 Å². The van der Waals surface area contributed by atoms with Crippen LogP contribution < -0.4 is 4.90 Å². The highest BCUT2D eigenvalue weighted by atomic mass is 127. The average Bonchev–Trinajstić information content (AvgIpc) is 2.91. The van der Waals surface area contributed by atoms with Crippen LogP contribution in [0, 0.1) is 3.57 Å². The quantitative estimate of drug-likeness (QED) is 0.648. The molecular formula is C14H15IN2O3S2. The molecule has 1 aromatic rings. The number of nitrogens with zero attached hydrogens (tertiary/aromatic N) is 2. The van der Waals surface area contributed by atoms with Gasteiger partial charge < -0.3 is 4.90 Å². The lowest BCUT2D eigenvalue weighted by Crippen LogP contribution is -2.38. The van der Waals surface area contributed by atoms with E-state index in [0.717, 1.165) is 9.26 Å². The molecule has 2 heterocycles. The van der Waals surface area contributed by atoms with Crippen molar-refractivity contribution in [3.05, 3.63) is 27.8 Å². The van der Waals surface area contributed by atoms with E-state index in [1.165, 1.54) is 11.8 Å². The number of anilines is 1. The molecule has 1 amide bonds. The summed E-state index contributed by atoms with van der Waals surface area (Å²) in [6, 6.07) is 7.62. The molecule has 5 nitrogen and oxygen atoms in total. The number of sulfone groups is 1. The zero-order chi connectivity index (χ0) is 15.9. The molecule has 0 aliphatic carbocycles. The van der Waals surface area contributed by atoms with E-state index < -0.39 is 9.84 Å². The van der Waals surface area contributed by atoms with Crippen LogP contribution in [0.4, 0.5) is 5.69 Å². The van der Waals surface area contributed by atoms with E-state index in [4.69, 9.17) is 0 Å². The van der Waals surface area contributed by atoms with Gasteiger partial charge in [0.1, 0.15) is 0 Å². The van der Waals surface area contributed by atoms with E-state index in [9.17, 15) is 13.2 Å². The predicted octanol–water partition coefficient (Wildman–Crippen LogP) is 2.30. The van der Waals surface area contributed by atoms with Gasteiger partial charge in [0.2, 0.25) is 5.91 Å². The molecule has 1 aromatic carbocycles. The molecule has 2 aliphatic heterocycles. The van der Waals surface area contributed by atoms with Crippen molar-refractivity contribution in [1.82, 2.24) is 0 Å². The number of para-hydroxylation sites is 1. The van der Waals surface area contributed by atoms with Gasteiger partial charge in [-0.3, -0.25) is 4.79 Å². The minimum atomic E-state index is -3.02. The second-order valence-corrected chi connectivity index (χ2v) is 9.79. The van der Waals surface area contributed by atoms with Gasteiger partial charge in [0.25, 0.3) is 0 Å². The number of carbonyl (C=O) groups is 1. The zero-order valence-corrected chi connectivity index (χ0v) is 15.7. The summed E-state index contributed by atoms with van der Waals surface area (Å²) < 4.78 is 24.9. The summed E-state index contributed by atoms with van der Waals surface area (Å²) in [7, 11) is -3.02. The van der Waals surface area contributed by atoms with Crippen molar-refractivity contribution in [3.8, 4) is 0 Å². The molecule has 8 heteroatoms. The number of aliphatic imine (C=N–C) groups is 1. The van der Waals surface area contributed by atoms with E-state index in [-0.39, 0.29) is 28.7 Å². The van der Waals surface area contributed by atoms with Crippen LogP contribution in [0.15, 0.2) is 29.3 Å². The van der Waals surface area contributed by atoms with E-state index in [0.29, 0.717) is 11.6 Å². The molecule has 2 atom stereocenters. The number of benzene rings is 1. The maximum Gasteiger partial charge on any atom is 0.247 e.